The fourth-order valence-electron chi connectivity index (χ4n) is 0.986. The largest absolute Gasteiger partial charge is 0.368 e. The first kappa shape index (κ1) is 11.2. The Hall–Kier alpha value is -0.790. The summed E-state index contributed by atoms with van der Waals surface area (Å²) in [5.41, 5.74) is 0. The maximum atomic E-state index is 3.70. The lowest BCUT2D eigenvalue weighted by molar-refractivity contribution is 0.476. The molecule has 0 fully saturated rings. The molecule has 0 aromatic heterocycles. The molecule has 0 aromatic carbocycles. The highest BCUT2D eigenvalue weighted by molar-refractivity contribution is 5.27. The lowest BCUT2D eigenvalue weighted by atomic mass is 10.0. The summed E-state index contributed by atoms with van der Waals surface area (Å²) in [5, 5.41) is 3.16. The Morgan fingerprint density at radius 2 is 1.92 bits per heavy atom. The second-order valence-corrected chi connectivity index (χ2v) is 3.62. The van der Waals surface area contributed by atoms with Crippen molar-refractivity contribution in [3.63, 3.8) is 0 Å². The van der Waals surface area contributed by atoms with Crippen molar-refractivity contribution in [2.24, 2.45) is 10.9 Å². The summed E-state index contributed by atoms with van der Waals surface area (Å²) in [7, 11) is 0. The quantitative estimate of drug-likeness (QED) is 0.606. The van der Waals surface area contributed by atoms with E-state index >= 15 is 0 Å². The SMILES string of the molecule is C=NC(=C)NC(C)CCC(C)C. The zero-order valence-corrected chi connectivity index (χ0v) is 8.43. The Labute approximate surface area is 75.8 Å². The minimum absolute atomic E-state index is 0.449. The maximum Gasteiger partial charge on any atom is 0.118 e. The number of hydrogen-bond acceptors (Lipinski definition) is 2. The molecule has 0 aromatic rings. The Kier molecular flexibility index (Phi) is 5.43. The van der Waals surface area contributed by atoms with Crippen molar-refractivity contribution in [3.05, 3.63) is 12.4 Å². The molecule has 0 aliphatic heterocycles. The van der Waals surface area contributed by atoms with Gasteiger partial charge in [-0.3, -0.25) is 0 Å². The molecule has 0 amide bonds. The molecule has 2 heteroatoms. The zero-order chi connectivity index (χ0) is 9.56. The van der Waals surface area contributed by atoms with E-state index in [4.69, 9.17) is 0 Å². The third kappa shape index (κ3) is 5.96. The van der Waals surface area contributed by atoms with E-state index in [1.54, 1.807) is 0 Å². The van der Waals surface area contributed by atoms with Crippen molar-refractivity contribution in [1.29, 1.82) is 0 Å². The van der Waals surface area contributed by atoms with Crippen LogP contribution < -0.4 is 5.32 Å². The van der Waals surface area contributed by atoms with Crippen LogP contribution in [-0.4, -0.2) is 12.8 Å². The lowest BCUT2D eigenvalue weighted by Crippen LogP contribution is -2.24. The van der Waals surface area contributed by atoms with Crippen LogP contribution in [0.25, 0.3) is 0 Å². The molecule has 0 heterocycles. The average molecular weight is 168 g/mol. The highest BCUT2D eigenvalue weighted by Crippen LogP contribution is 2.07. The molecular weight excluding hydrogens is 148 g/mol. The van der Waals surface area contributed by atoms with Crippen molar-refractivity contribution in [2.45, 2.75) is 39.7 Å². The highest BCUT2D eigenvalue weighted by Gasteiger charge is 2.02. The van der Waals surface area contributed by atoms with Gasteiger partial charge < -0.3 is 5.32 Å². The molecular formula is C10H20N2. The fourth-order valence-corrected chi connectivity index (χ4v) is 0.986. The van der Waals surface area contributed by atoms with Crippen molar-refractivity contribution in [1.82, 2.24) is 5.32 Å². The summed E-state index contributed by atoms with van der Waals surface area (Å²) in [6.45, 7) is 13.7. The van der Waals surface area contributed by atoms with Crippen LogP contribution in [0.15, 0.2) is 17.4 Å². The Morgan fingerprint density at radius 3 is 2.33 bits per heavy atom. The number of nitrogens with zero attached hydrogens (tertiary/aromatic N) is 1. The van der Waals surface area contributed by atoms with Gasteiger partial charge in [0.05, 0.1) is 0 Å². The fraction of sp³-hybridized carbons (Fsp3) is 0.700. The predicted molar refractivity (Wildman–Crippen MR) is 55.4 cm³/mol. The van der Waals surface area contributed by atoms with Gasteiger partial charge in [0.25, 0.3) is 0 Å². The Morgan fingerprint density at radius 1 is 1.33 bits per heavy atom. The molecule has 1 unspecified atom stereocenters. The van der Waals surface area contributed by atoms with Crippen LogP contribution in [0.2, 0.25) is 0 Å². The van der Waals surface area contributed by atoms with E-state index in [2.05, 4.69) is 44.4 Å². The summed E-state index contributed by atoms with van der Waals surface area (Å²) < 4.78 is 0. The molecule has 0 aliphatic rings. The van der Waals surface area contributed by atoms with Gasteiger partial charge in [0, 0.05) is 6.04 Å². The van der Waals surface area contributed by atoms with Crippen LogP contribution in [-0.2, 0) is 0 Å². The van der Waals surface area contributed by atoms with Gasteiger partial charge in [-0.05, 0) is 32.4 Å². The van der Waals surface area contributed by atoms with Crippen LogP contribution in [0.3, 0.4) is 0 Å². The number of rotatable bonds is 6. The van der Waals surface area contributed by atoms with E-state index in [1.807, 2.05) is 0 Å². The zero-order valence-electron chi connectivity index (χ0n) is 8.43. The molecule has 0 rings (SSSR count). The molecule has 0 spiro atoms. The third-order valence-electron chi connectivity index (χ3n) is 1.78. The smallest absolute Gasteiger partial charge is 0.118 e. The second-order valence-electron chi connectivity index (χ2n) is 3.62. The first-order valence-electron chi connectivity index (χ1n) is 4.48. The monoisotopic (exact) mass is 168 g/mol. The average Bonchev–Trinajstić information content (AvgIpc) is 2.00. The van der Waals surface area contributed by atoms with Gasteiger partial charge in [-0.1, -0.05) is 20.4 Å². The van der Waals surface area contributed by atoms with Gasteiger partial charge in [0.2, 0.25) is 0 Å². The van der Waals surface area contributed by atoms with E-state index in [1.165, 1.54) is 6.42 Å². The standard InChI is InChI=1S/C10H20N2/c1-8(2)6-7-9(3)12-10(4)11-5/h8-9,12H,4-7H2,1-3H3. The number of aliphatic imine (C=N–C) groups is 1. The van der Waals surface area contributed by atoms with Crippen LogP contribution in [0.1, 0.15) is 33.6 Å². The minimum atomic E-state index is 0.449. The molecule has 0 saturated heterocycles. The molecule has 0 aliphatic carbocycles. The van der Waals surface area contributed by atoms with Gasteiger partial charge in [0.15, 0.2) is 0 Å². The maximum absolute atomic E-state index is 3.70. The molecule has 0 radical (unpaired) electrons. The first-order valence-corrected chi connectivity index (χ1v) is 4.48. The second kappa shape index (κ2) is 5.81. The molecule has 0 bridgehead atoms. The van der Waals surface area contributed by atoms with E-state index in [0.29, 0.717) is 11.9 Å². The van der Waals surface area contributed by atoms with E-state index < -0.39 is 0 Å². The van der Waals surface area contributed by atoms with Crippen LogP contribution in [0.5, 0.6) is 0 Å². The van der Waals surface area contributed by atoms with Crippen LogP contribution >= 0.6 is 0 Å². The number of hydrogen-bond donors (Lipinski definition) is 1. The van der Waals surface area contributed by atoms with E-state index in [-0.39, 0.29) is 0 Å². The van der Waals surface area contributed by atoms with Gasteiger partial charge >= 0.3 is 0 Å². The van der Waals surface area contributed by atoms with Gasteiger partial charge in [-0.25, -0.2) is 4.99 Å². The molecule has 1 N–H and O–H groups in total. The summed E-state index contributed by atoms with van der Waals surface area (Å²) >= 11 is 0. The molecule has 1 atom stereocenters. The van der Waals surface area contributed by atoms with Gasteiger partial charge in [-0.2, -0.15) is 0 Å². The van der Waals surface area contributed by atoms with Crippen LogP contribution in [0.4, 0.5) is 0 Å². The molecule has 2 nitrogen and oxygen atoms in total. The van der Waals surface area contributed by atoms with Gasteiger partial charge in [0.1, 0.15) is 5.82 Å². The molecule has 12 heavy (non-hydrogen) atoms. The van der Waals surface area contributed by atoms with Crippen molar-refractivity contribution in [2.75, 3.05) is 0 Å². The van der Waals surface area contributed by atoms with E-state index in [9.17, 15) is 0 Å². The lowest BCUT2D eigenvalue weighted by Gasteiger charge is -2.15. The Bertz CT molecular complexity index is 150. The van der Waals surface area contributed by atoms with Crippen LogP contribution in [0, 0.1) is 5.92 Å². The Balaban J connectivity index is 3.52. The summed E-state index contributed by atoms with van der Waals surface area (Å²) in [6, 6.07) is 0.449. The topological polar surface area (TPSA) is 24.4 Å². The predicted octanol–water partition coefficient (Wildman–Crippen LogP) is 2.57. The molecule has 0 saturated carbocycles. The molecule has 70 valence electrons. The van der Waals surface area contributed by atoms with Crippen molar-refractivity contribution < 1.29 is 0 Å². The normalized spacial score (nSPS) is 12.7. The van der Waals surface area contributed by atoms with Crippen molar-refractivity contribution >= 4 is 6.72 Å². The van der Waals surface area contributed by atoms with Gasteiger partial charge in [-0.15, -0.1) is 0 Å². The summed E-state index contributed by atoms with van der Waals surface area (Å²) in [5.74, 6) is 1.44. The number of nitrogens with one attached hydrogen (secondary N) is 1. The van der Waals surface area contributed by atoms with Crippen molar-refractivity contribution in [3.8, 4) is 0 Å². The highest BCUT2D eigenvalue weighted by atomic mass is 15.0. The van der Waals surface area contributed by atoms with E-state index in [0.717, 1.165) is 12.3 Å². The first-order chi connectivity index (χ1) is 5.56. The summed E-state index contributed by atoms with van der Waals surface area (Å²) in [4.78, 5) is 3.70. The minimum Gasteiger partial charge on any atom is -0.368 e. The summed E-state index contributed by atoms with van der Waals surface area (Å²) in [6.07, 6.45) is 2.39. The third-order valence-corrected chi connectivity index (χ3v) is 1.78.